The number of rotatable bonds is 4. The number of hydrogen-bond acceptors (Lipinski definition) is 2. The minimum absolute atomic E-state index is 0.0530. The molecule has 1 spiro atoms. The maximum Gasteiger partial charge on any atom is 0.127 e. The molecule has 2 aliphatic carbocycles. The number of para-hydroxylation sites is 2. The zero-order valence-corrected chi connectivity index (χ0v) is 15.5. The molecule has 2 N–H and O–H groups in total. The molecule has 1 aliphatic heterocycles. The van der Waals surface area contributed by atoms with E-state index in [1.54, 1.807) is 0 Å². The SMILES string of the molecule is c1ccc2c(c1)NC(=NCCCC1CCCCC1)C1(CCCCC1)N2. The van der Waals surface area contributed by atoms with Gasteiger partial charge >= 0.3 is 0 Å². The van der Waals surface area contributed by atoms with Crippen LogP contribution in [0.25, 0.3) is 0 Å². The number of anilines is 2. The monoisotopic (exact) mass is 339 g/mol. The first-order valence-corrected chi connectivity index (χ1v) is 10.5. The molecule has 0 amide bonds. The summed E-state index contributed by atoms with van der Waals surface area (Å²) in [5.41, 5.74) is 2.48. The van der Waals surface area contributed by atoms with Gasteiger partial charge in [-0.2, -0.15) is 0 Å². The lowest BCUT2D eigenvalue weighted by Crippen LogP contribution is -2.53. The largest absolute Gasteiger partial charge is 0.371 e. The Kier molecular flexibility index (Phi) is 5.28. The molecule has 2 fully saturated rings. The number of hydrogen-bond donors (Lipinski definition) is 2. The Morgan fingerprint density at radius 1 is 0.920 bits per heavy atom. The number of amidine groups is 1. The Morgan fingerprint density at radius 3 is 2.44 bits per heavy atom. The van der Waals surface area contributed by atoms with E-state index < -0.39 is 0 Å². The van der Waals surface area contributed by atoms with Gasteiger partial charge in [0, 0.05) is 6.54 Å². The van der Waals surface area contributed by atoms with Crippen LogP contribution in [0.3, 0.4) is 0 Å². The maximum atomic E-state index is 5.09. The molecule has 136 valence electrons. The van der Waals surface area contributed by atoms with E-state index in [0.717, 1.165) is 12.5 Å². The van der Waals surface area contributed by atoms with Gasteiger partial charge in [0.05, 0.1) is 16.9 Å². The second-order valence-corrected chi connectivity index (χ2v) is 8.31. The summed E-state index contributed by atoms with van der Waals surface area (Å²) in [5.74, 6) is 2.17. The summed E-state index contributed by atoms with van der Waals surface area (Å²) < 4.78 is 0. The van der Waals surface area contributed by atoms with Crippen molar-refractivity contribution in [2.24, 2.45) is 10.9 Å². The first-order chi connectivity index (χ1) is 12.4. The van der Waals surface area contributed by atoms with E-state index in [1.807, 2.05) is 0 Å². The van der Waals surface area contributed by atoms with Crippen LogP contribution in [0.15, 0.2) is 29.3 Å². The lowest BCUT2D eigenvalue weighted by atomic mass is 9.79. The van der Waals surface area contributed by atoms with Crippen molar-refractivity contribution in [1.82, 2.24) is 0 Å². The second kappa shape index (κ2) is 7.80. The third-order valence-electron chi connectivity index (χ3n) is 6.48. The molecule has 0 unspecified atom stereocenters. The smallest absolute Gasteiger partial charge is 0.127 e. The van der Waals surface area contributed by atoms with Crippen molar-refractivity contribution in [2.75, 3.05) is 17.2 Å². The zero-order chi connectivity index (χ0) is 17.0. The Bertz CT molecular complexity index is 595. The Balaban J connectivity index is 1.43. The minimum Gasteiger partial charge on any atom is -0.371 e. The van der Waals surface area contributed by atoms with Crippen LogP contribution in [-0.4, -0.2) is 17.9 Å². The van der Waals surface area contributed by atoms with Gasteiger partial charge in [0.15, 0.2) is 0 Å². The average Bonchev–Trinajstić information content (AvgIpc) is 2.67. The third-order valence-corrected chi connectivity index (χ3v) is 6.48. The van der Waals surface area contributed by atoms with Gasteiger partial charge in [0.25, 0.3) is 0 Å². The van der Waals surface area contributed by atoms with E-state index in [-0.39, 0.29) is 5.54 Å². The van der Waals surface area contributed by atoms with Crippen LogP contribution in [0.4, 0.5) is 11.4 Å². The first kappa shape index (κ1) is 16.9. The highest BCUT2D eigenvalue weighted by atomic mass is 15.2. The normalized spacial score (nSPS) is 24.6. The predicted molar refractivity (Wildman–Crippen MR) is 108 cm³/mol. The van der Waals surface area contributed by atoms with Crippen LogP contribution < -0.4 is 10.6 Å². The summed E-state index contributed by atoms with van der Waals surface area (Å²) >= 11 is 0. The number of nitrogens with one attached hydrogen (secondary N) is 2. The molecular weight excluding hydrogens is 306 g/mol. The summed E-state index contributed by atoms with van der Waals surface area (Å²) in [5, 5.41) is 7.54. The molecule has 3 nitrogen and oxygen atoms in total. The second-order valence-electron chi connectivity index (χ2n) is 8.31. The highest BCUT2D eigenvalue weighted by Gasteiger charge is 2.40. The molecule has 0 bridgehead atoms. The van der Waals surface area contributed by atoms with Crippen molar-refractivity contribution >= 4 is 17.2 Å². The number of benzene rings is 1. The molecule has 1 aromatic rings. The third kappa shape index (κ3) is 3.86. The van der Waals surface area contributed by atoms with Gasteiger partial charge in [0.1, 0.15) is 5.84 Å². The molecule has 0 radical (unpaired) electrons. The zero-order valence-electron chi connectivity index (χ0n) is 15.5. The molecule has 1 aromatic carbocycles. The van der Waals surface area contributed by atoms with Gasteiger partial charge in [-0.1, -0.05) is 63.5 Å². The lowest BCUT2D eigenvalue weighted by Gasteiger charge is -2.44. The molecule has 2 saturated carbocycles. The van der Waals surface area contributed by atoms with E-state index in [9.17, 15) is 0 Å². The van der Waals surface area contributed by atoms with Gasteiger partial charge in [-0.05, 0) is 43.7 Å². The lowest BCUT2D eigenvalue weighted by molar-refractivity contribution is 0.334. The highest BCUT2D eigenvalue weighted by Crippen LogP contribution is 2.39. The number of fused-ring (bicyclic) bond motifs is 1. The van der Waals surface area contributed by atoms with E-state index in [1.165, 1.54) is 94.3 Å². The fourth-order valence-electron chi connectivity index (χ4n) is 5.02. The summed E-state index contributed by atoms with van der Waals surface area (Å²) in [6, 6.07) is 8.58. The van der Waals surface area contributed by atoms with Gasteiger partial charge in [-0.3, -0.25) is 4.99 Å². The van der Waals surface area contributed by atoms with Crippen LogP contribution in [0.2, 0.25) is 0 Å². The number of nitrogens with zero attached hydrogens (tertiary/aromatic N) is 1. The summed E-state index contributed by atoms with van der Waals surface area (Å²) in [6.45, 7) is 0.977. The molecule has 3 aliphatic rings. The van der Waals surface area contributed by atoms with Crippen molar-refractivity contribution in [2.45, 2.75) is 82.6 Å². The molecule has 0 saturated heterocycles. The van der Waals surface area contributed by atoms with Crippen molar-refractivity contribution in [3.05, 3.63) is 24.3 Å². The van der Waals surface area contributed by atoms with E-state index in [0.29, 0.717) is 0 Å². The Hall–Kier alpha value is -1.51. The van der Waals surface area contributed by atoms with Gasteiger partial charge in [-0.15, -0.1) is 0 Å². The van der Waals surface area contributed by atoms with E-state index in [2.05, 4.69) is 34.9 Å². The van der Waals surface area contributed by atoms with E-state index in [4.69, 9.17) is 4.99 Å². The summed E-state index contributed by atoms with van der Waals surface area (Å²) in [6.07, 6.45) is 16.2. The number of aliphatic imine (C=N–C) groups is 1. The standard InChI is InChI=1S/C22H33N3/c1-3-10-18(11-4-1)12-9-17-23-21-22(15-7-2-8-16-22)25-20-14-6-5-13-19(20)24-21/h5-6,13-14,18,25H,1-4,7-12,15-17H2,(H,23,24). The average molecular weight is 340 g/mol. The summed E-state index contributed by atoms with van der Waals surface area (Å²) in [4.78, 5) is 5.09. The summed E-state index contributed by atoms with van der Waals surface area (Å²) in [7, 11) is 0. The fourth-order valence-corrected chi connectivity index (χ4v) is 5.02. The fraction of sp³-hybridized carbons (Fsp3) is 0.682. The van der Waals surface area contributed by atoms with Crippen molar-refractivity contribution in [3.63, 3.8) is 0 Å². The molecule has 0 aromatic heterocycles. The highest BCUT2D eigenvalue weighted by molar-refractivity contribution is 6.09. The first-order valence-electron chi connectivity index (χ1n) is 10.5. The van der Waals surface area contributed by atoms with E-state index >= 15 is 0 Å². The van der Waals surface area contributed by atoms with Crippen molar-refractivity contribution < 1.29 is 0 Å². The van der Waals surface area contributed by atoms with Crippen LogP contribution in [0.1, 0.15) is 77.0 Å². The Labute approximate surface area is 152 Å². The molecule has 4 rings (SSSR count). The van der Waals surface area contributed by atoms with Crippen LogP contribution in [0, 0.1) is 5.92 Å². The van der Waals surface area contributed by atoms with Crippen molar-refractivity contribution in [3.8, 4) is 0 Å². The molecule has 3 heteroatoms. The topological polar surface area (TPSA) is 36.4 Å². The van der Waals surface area contributed by atoms with Crippen molar-refractivity contribution in [1.29, 1.82) is 0 Å². The molecule has 0 atom stereocenters. The quantitative estimate of drug-likeness (QED) is 0.661. The maximum absolute atomic E-state index is 5.09. The molecule has 25 heavy (non-hydrogen) atoms. The van der Waals surface area contributed by atoms with Crippen LogP contribution in [0.5, 0.6) is 0 Å². The van der Waals surface area contributed by atoms with Gasteiger partial charge < -0.3 is 10.6 Å². The Morgan fingerprint density at radius 2 is 1.64 bits per heavy atom. The predicted octanol–water partition coefficient (Wildman–Crippen LogP) is 5.99. The molecule has 1 heterocycles. The van der Waals surface area contributed by atoms with Gasteiger partial charge in [-0.25, -0.2) is 0 Å². The van der Waals surface area contributed by atoms with Crippen LogP contribution >= 0.6 is 0 Å². The van der Waals surface area contributed by atoms with Crippen LogP contribution in [-0.2, 0) is 0 Å². The molecular formula is C22H33N3. The van der Waals surface area contributed by atoms with Gasteiger partial charge in [0.2, 0.25) is 0 Å². The minimum atomic E-state index is 0.0530.